The molecule has 172 valence electrons. The Morgan fingerprint density at radius 3 is 2.53 bits per heavy atom. The fourth-order valence-electron chi connectivity index (χ4n) is 5.40. The average Bonchev–Trinajstić information content (AvgIpc) is 3.50. The minimum Gasteiger partial charge on any atom is -0.492 e. The molecule has 1 saturated heterocycles. The molecule has 3 heterocycles. The van der Waals surface area contributed by atoms with Gasteiger partial charge in [0.05, 0.1) is 16.6 Å². The summed E-state index contributed by atoms with van der Waals surface area (Å²) in [6, 6.07) is 18.2. The van der Waals surface area contributed by atoms with Gasteiger partial charge in [-0.2, -0.15) is 5.26 Å². The molecule has 0 N–H and O–H groups in total. The first-order chi connectivity index (χ1) is 16.7. The summed E-state index contributed by atoms with van der Waals surface area (Å²) in [6.07, 6.45) is 3.09. The number of aromatic nitrogens is 2. The van der Waals surface area contributed by atoms with Crippen molar-refractivity contribution in [3.05, 3.63) is 70.2 Å². The molecule has 1 aliphatic carbocycles. The molecule has 1 fully saturated rings. The SMILES string of the molecule is N#Cc1c2c(c(N3CCN(CCOc4ccc(Cl)cc4)CC3)n3c1nc1ccccc13)CCC2. The predicted octanol–water partition coefficient (Wildman–Crippen LogP) is 4.70. The fraction of sp³-hybridized carbons (Fsp3) is 0.333. The monoisotopic (exact) mass is 471 g/mol. The van der Waals surface area contributed by atoms with Crippen LogP contribution in [0.15, 0.2) is 48.5 Å². The molecule has 2 aromatic carbocycles. The second kappa shape index (κ2) is 8.83. The van der Waals surface area contributed by atoms with Gasteiger partial charge in [-0.05, 0) is 66.8 Å². The van der Waals surface area contributed by atoms with E-state index < -0.39 is 0 Å². The summed E-state index contributed by atoms with van der Waals surface area (Å²) in [5.41, 5.74) is 6.13. The predicted molar refractivity (Wildman–Crippen MR) is 135 cm³/mol. The van der Waals surface area contributed by atoms with Crippen LogP contribution in [0.3, 0.4) is 0 Å². The minimum absolute atomic E-state index is 0.657. The summed E-state index contributed by atoms with van der Waals surface area (Å²) in [7, 11) is 0. The maximum Gasteiger partial charge on any atom is 0.157 e. The summed E-state index contributed by atoms with van der Waals surface area (Å²) in [6.45, 7) is 5.40. The molecular formula is C27H26ClN5O. The van der Waals surface area contributed by atoms with Gasteiger partial charge in [0, 0.05) is 37.7 Å². The molecule has 2 aliphatic rings. The maximum atomic E-state index is 10.00. The van der Waals surface area contributed by atoms with Crippen LogP contribution in [-0.4, -0.2) is 53.6 Å². The quantitative estimate of drug-likeness (QED) is 0.422. The summed E-state index contributed by atoms with van der Waals surface area (Å²) < 4.78 is 8.15. The third-order valence-corrected chi connectivity index (χ3v) is 7.31. The molecule has 0 spiro atoms. The lowest BCUT2D eigenvalue weighted by Crippen LogP contribution is -2.48. The zero-order valence-electron chi connectivity index (χ0n) is 19.0. The fourth-order valence-corrected chi connectivity index (χ4v) is 5.53. The van der Waals surface area contributed by atoms with Gasteiger partial charge < -0.3 is 9.64 Å². The van der Waals surface area contributed by atoms with Gasteiger partial charge in [-0.3, -0.25) is 9.30 Å². The van der Waals surface area contributed by atoms with E-state index in [1.807, 2.05) is 36.4 Å². The normalized spacial score (nSPS) is 16.2. The molecule has 6 rings (SSSR count). The number of pyridine rings is 1. The molecule has 0 bridgehead atoms. The number of para-hydroxylation sites is 2. The van der Waals surface area contributed by atoms with Gasteiger partial charge in [0.25, 0.3) is 0 Å². The number of fused-ring (bicyclic) bond motifs is 4. The van der Waals surface area contributed by atoms with Gasteiger partial charge in [0.1, 0.15) is 24.2 Å². The lowest BCUT2D eigenvalue weighted by atomic mass is 10.0. The van der Waals surface area contributed by atoms with Gasteiger partial charge in [-0.15, -0.1) is 0 Å². The number of halogens is 1. The van der Waals surface area contributed by atoms with Crippen LogP contribution < -0.4 is 9.64 Å². The van der Waals surface area contributed by atoms with Crippen LogP contribution in [0.4, 0.5) is 5.82 Å². The molecular weight excluding hydrogens is 446 g/mol. The van der Waals surface area contributed by atoms with Crippen molar-refractivity contribution in [1.29, 1.82) is 5.26 Å². The number of benzene rings is 2. The Bertz CT molecular complexity index is 1400. The van der Waals surface area contributed by atoms with Crippen LogP contribution in [0.2, 0.25) is 5.02 Å². The van der Waals surface area contributed by atoms with Crippen molar-refractivity contribution in [2.75, 3.05) is 44.2 Å². The highest BCUT2D eigenvalue weighted by Crippen LogP contribution is 2.38. The van der Waals surface area contributed by atoms with Crippen LogP contribution in [0, 0.1) is 11.3 Å². The van der Waals surface area contributed by atoms with E-state index in [9.17, 15) is 5.26 Å². The van der Waals surface area contributed by atoms with E-state index in [0.29, 0.717) is 6.61 Å². The number of hydrogen-bond acceptors (Lipinski definition) is 5. The number of hydrogen-bond donors (Lipinski definition) is 0. The molecule has 0 saturated carbocycles. The number of anilines is 1. The van der Waals surface area contributed by atoms with Crippen molar-refractivity contribution in [3.8, 4) is 11.8 Å². The summed E-state index contributed by atoms with van der Waals surface area (Å²) in [4.78, 5) is 9.85. The van der Waals surface area contributed by atoms with Crippen LogP contribution >= 0.6 is 11.6 Å². The van der Waals surface area contributed by atoms with Crippen LogP contribution in [-0.2, 0) is 12.8 Å². The van der Waals surface area contributed by atoms with E-state index in [4.69, 9.17) is 21.3 Å². The first-order valence-electron chi connectivity index (χ1n) is 11.9. The molecule has 1 aliphatic heterocycles. The molecule has 6 nitrogen and oxygen atoms in total. The first-order valence-corrected chi connectivity index (χ1v) is 12.3. The Labute approximate surface area is 203 Å². The van der Waals surface area contributed by atoms with Crippen LogP contribution in [0.1, 0.15) is 23.1 Å². The highest BCUT2D eigenvalue weighted by Gasteiger charge is 2.29. The molecule has 7 heteroatoms. The van der Waals surface area contributed by atoms with E-state index in [1.54, 1.807) is 0 Å². The number of piperazine rings is 1. The molecule has 0 unspecified atom stereocenters. The van der Waals surface area contributed by atoms with Crippen LogP contribution in [0.5, 0.6) is 5.75 Å². The van der Waals surface area contributed by atoms with E-state index in [0.717, 1.165) is 85.0 Å². The smallest absolute Gasteiger partial charge is 0.157 e. The second-order valence-corrected chi connectivity index (χ2v) is 9.45. The zero-order valence-corrected chi connectivity index (χ0v) is 19.8. The lowest BCUT2D eigenvalue weighted by Gasteiger charge is -2.37. The number of ether oxygens (including phenoxy) is 1. The summed E-state index contributed by atoms with van der Waals surface area (Å²) >= 11 is 5.96. The maximum absolute atomic E-state index is 10.00. The van der Waals surface area contributed by atoms with Crippen molar-refractivity contribution in [1.82, 2.24) is 14.3 Å². The van der Waals surface area contributed by atoms with Gasteiger partial charge in [-0.1, -0.05) is 23.7 Å². The highest BCUT2D eigenvalue weighted by atomic mass is 35.5. The third kappa shape index (κ3) is 3.66. The Morgan fingerprint density at radius 2 is 1.74 bits per heavy atom. The Kier molecular flexibility index (Phi) is 5.52. The standard InChI is InChI=1S/C27H26ClN5O/c28-19-8-10-20(11-9-19)34-17-16-31-12-14-32(15-13-31)27-22-5-3-4-21(22)23(18-29)26-30-24-6-1-2-7-25(24)33(26)27/h1-2,6-11H,3-5,12-17H2. The minimum atomic E-state index is 0.657. The summed E-state index contributed by atoms with van der Waals surface area (Å²) in [5, 5.41) is 10.7. The van der Waals surface area contributed by atoms with E-state index in [2.05, 4.69) is 32.4 Å². The molecule has 34 heavy (non-hydrogen) atoms. The molecule has 0 atom stereocenters. The number of nitrogens with zero attached hydrogens (tertiary/aromatic N) is 5. The second-order valence-electron chi connectivity index (χ2n) is 9.01. The van der Waals surface area contributed by atoms with Crippen molar-refractivity contribution >= 4 is 34.1 Å². The largest absolute Gasteiger partial charge is 0.492 e. The van der Waals surface area contributed by atoms with E-state index in [1.165, 1.54) is 16.9 Å². The van der Waals surface area contributed by atoms with Crippen molar-refractivity contribution < 1.29 is 4.74 Å². The summed E-state index contributed by atoms with van der Waals surface area (Å²) in [5.74, 6) is 2.10. The van der Waals surface area contributed by atoms with E-state index in [-0.39, 0.29) is 0 Å². The third-order valence-electron chi connectivity index (χ3n) is 7.06. The topological polar surface area (TPSA) is 56.8 Å². The zero-order chi connectivity index (χ0) is 23.1. The van der Waals surface area contributed by atoms with Crippen molar-refractivity contribution in [3.63, 3.8) is 0 Å². The Morgan fingerprint density at radius 1 is 0.971 bits per heavy atom. The number of rotatable bonds is 5. The molecule has 2 aromatic heterocycles. The van der Waals surface area contributed by atoms with Gasteiger partial charge in [-0.25, -0.2) is 4.98 Å². The Balaban J connectivity index is 1.25. The van der Waals surface area contributed by atoms with Gasteiger partial charge in [0.2, 0.25) is 0 Å². The van der Waals surface area contributed by atoms with Crippen LogP contribution in [0.25, 0.3) is 16.7 Å². The highest BCUT2D eigenvalue weighted by molar-refractivity contribution is 6.30. The van der Waals surface area contributed by atoms with Gasteiger partial charge in [0.15, 0.2) is 5.65 Å². The lowest BCUT2D eigenvalue weighted by molar-refractivity contribution is 0.200. The van der Waals surface area contributed by atoms with E-state index >= 15 is 0 Å². The molecule has 4 aromatic rings. The number of imidazole rings is 1. The van der Waals surface area contributed by atoms with Crippen molar-refractivity contribution in [2.24, 2.45) is 0 Å². The molecule has 0 amide bonds. The molecule has 0 radical (unpaired) electrons. The first kappa shape index (κ1) is 21.3. The Hall–Kier alpha value is -3.27. The number of nitriles is 1. The van der Waals surface area contributed by atoms with Gasteiger partial charge >= 0.3 is 0 Å². The average molecular weight is 472 g/mol. The van der Waals surface area contributed by atoms with Crippen molar-refractivity contribution in [2.45, 2.75) is 19.3 Å².